The van der Waals surface area contributed by atoms with Crippen molar-refractivity contribution in [2.24, 2.45) is 0 Å². The summed E-state index contributed by atoms with van der Waals surface area (Å²) in [6, 6.07) is 17.8. The van der Waals surface area contributed by atoms with Crippen molar-refractivity contribution < 1.29 is 42.8 Å². The molecule has 1 aliphatic carbocycles. The van der Waals surface area contributed by atoms with Crippen LogP contribution in [0.25, 0.3) is 0 Å². The molecule has 4 rings (SSSR count). The van der Waals surface area contributed by atoms with E-state index in [1.807, 2.05) is 12.1 Å². The number of carbonyl (C=O) groups excluding carboxylic acids is 2. The molecule has 0 radical (unpaired) electrons. The maximum Gasteiger partial charge on any atom is 0.509 e. The van der Waals surface area contributed by atoms with Crippen LogP contribution in [0.3, 0.4) is 0 Å². The molecule has 1 unspecified atom stereocenters. The first kappa shape index (κ1) is 21.1. The summed E-state index contributed by atoms with van der Waals surface area (Å²) in [6.07, 6.45) is -5.19. The van der Waals surface area contributed by atoms with Gasteiger partial charge in [0.25, 0.3) is 0 Å². The molecule has 0 spiro atoms. The minimum absolute atomic E-state index is 0.00603. The van der Waals surface area contributed by atoms with E-state index in [1.54, 1.807) is 48.5 Å². The normalized spacial score (nSPS) is 28.3. The predicted molar refractivity (Wildman–Crippen MR) is 102 cm³/mol. The fourth-order valence-corrected chi connectivity index (χ4v) is 3.43. The molecule has 2 aromatic rings. The van der Waals surface area contributed by atoms with Gasteiger partial charge in [-0.1, -0.05) is 60.7 Å². The fraction of sp³-hybridized carbons (Fsp3) is 0.364. The molecule has 2 aliphatic rings. The number of carbonyl (C=O) groups is 2. The van der Waals surface area contributed by atoms with Crippen LogP contribution in [0.5, 0.6) is 0 Å². The quantitative estimate of drug-likeness (QED) is 0.666. The second-order valence-corrected chi connectivity index (χ2v) is 7.38. The summed E-state index contributed by atoms with van der Waals surface area (Å²) < 4.78 is 40.2. The average Bonchev–Trinajstić information content (AvgIpc) is 3.27. The van der Waals surface area contributed by atoms with E-state index in [2.05, 4.69) is 0 Å². The van der Waals surface area contributed by atoms with Crippen LogP contribution in [0, 0.1) is 0 Å². The van der Waals surface area contributed by atoms with E-state index in [1.165, 1.54) is 0 Å². The first-order chi connectivity index (χ1) is 14.9. The van der Waals surface area contributed by atoms with Gasteiger partial charge < -0.3 is 28.8 Å². The summed E-state index contributed by atoms with van der Waals surface area (Å²) in [5, 5.41) is 10.1. The Bertz CT molecular complexity index is 924. The highest BCUT2D eigenvalue weighted by atomic mass is 19.1. The number of fused-ring (bicyclic) bond motifs is 1. The Morgan fingerprint density at radius 2 is 1.48 bits per heavy atom. The van der Waals surface area contributed by atoms with Gasteiger partial charge in [0.05, 0.1) is 0 Å². The second-order valence-electron chi connectivity index (χ2n) is 7.38. The monoisotopic (exact) mass is 432 g/mol. The highest BCUT2D eigenvalue weighted by Crippen LogP contribution is 2.61. The maximum atomic E-state index is 14.9. The van der Waals surface area contributed by atoms with Crippen molar-refractivity contribution in [2.75, 3.05) is 6.61 Å². The molecule has 1 saturated heterocycles. The zero-order valence-electron chi connectivity index (χ0n) is 16.4. The Morgan fingerprint density at radius 1 is 0.935 bits per heavy atom. The van der Waals surface area contributed by atoms with Gasteiger partial charge in [-0.15, -0.1) is 0 Å². The molecule has 31 heavy (non-hydrogen) atoms. The molecule has 4 atom stereocenters. The van der Waals surface area contributed by atoms with Crippen LogP contribution in [0.15, 0.2) is 60.7 Å². The average molecular weight is 432 g/mol. The highest BCUT2D eigenvalue weighted by molar-refractivity contribution is 5.61. The molecule has 0 amide bonds. The summed E-state index contributed by atoms with van der Waals surface area (Å²) in [6.45, 7) is -0.546. The van der Waals surface area contributed by atoms with E-state index in [9.17, 15) is 19.1 Å². The third-order valence-electron chi connectivity index (χ3n) is 5.14. The lowest BCUT2D eigenvalue weighted by atomic mass is 10.1. The summed E-state index contributed by atoms with van der Waals surface area (Å²) >= 11 is 0. The molecule has 0 aromatic heterocycles. The lowest BCUT2D eigenvalue weighted by molar-refractivity contribution is -0.158. The van der Waals surface area contributed by atoms with Gasteiger partial charge in [-0.05, 0) is 11.1 Å². The summed E-state index contributed by atoms with van der Waals surface area (Å²) in [4.78, 5) is 23.9. The van der Waals surface area contributed by atoms with Gasteiger partial charge >= 0.3 is 12.3 Å². The maximum absolute atomic E-state index is 14.9. The molecule has 1 saturated carbocycles. The van der Waals surface area contributed by atoms with E-state index in [4.69, 9.17) is 23.7 Å². The Morgan fingerprint density at radius 3 is 2.06 bits per heavy atom. The zero-order valence-corrected chi connectivity index (χ0v) is 16.4. The molecule has 164 valence electrons. The largest absolute Gasteiger partial charge is 0.509 e. The molecule has 8 nitrogen and oxygen atoms in total. The van der Waals surface area contributed by atoms with Crippen LogP contribution in [0.2, 0.25) is 0 Å². The second kappa shape index (κ2) is 8.52. The van der Waals surface area contributed by atoms with Crippen molar-refractivity contribution >= 4 is 12.3 Å². The van der Waals surface area contributed by atoms with E-state index < -0.39 is 42.6 Å². The Hall–Kier alpha value is -3.17. The molecule has 0 bridgehead atoms. The summed E-state index contributed by atoms with van der Waals surface area (Å²) in [5.41, 5.74) is -0.806. The summed E-state index contributed by atoms with van der Waals surface area (Å²) in [5.74, 6) is -2.08. The van der Waals surface area contributed by atoms with Crippen molar-refractivity contribution in [2.45, 2.75) is 43.3 Å². The Kier molecular flexibility index (Phi) is 5.79. The topological polar surface area (TPSA) is 101 Å². The van der Waals surface area contributed by atoms with E-state index in [-0.39, 0.29) is 19.6 Å². The van der Waals surface area contributed by atoms with E-state index in [0.717, 1.165) is 11.1 Å². The van der Waals surface area contributed by atoms with Gasteiger partial charge in [-0.2, -0.15) is 0 Å². The van der Waals surface area contributed by atoms with Gasteiger partial charge in [0.2, 0.25) is 11.5 Å². The zero-order chi connectivity index (χ0) is 21.9. The number of hydrogen-bond acceptors (Lipinski definition) is 8. The fourth-order valence-electron chi connectivity index (χ4n) is 3.43. The van der Waals surface area contributed by atoms with Crippen molar-refractivity contribution in [3.8, 4) is 0 Å². The molecular weight excluding hydrogens is 411 g/mol. The van der Waals surface area contributed by atoms with Gasteiger partial charge in [-0.3, -0.25) is 0 Å². The van der Waals surface area contributed by atoms with Gasteiger partial charge in [-0.25, -0.2) is 14.0 Å². The van der Waals surface area contributed by atoms with Gasteiger partial charge in [0.1, 0.15) is 25.9 Å². The molecule has 9 heteroatoms. The molecule has 2 aromatic carbocycles. The molecular formula is C22H21FO8. The van der Waals surface area contributed by atoms with Crippen LogP contribution in [0.4, 0.5) is 14.0 Å². The SMILES string of the molecule is O=C(OCc1ccccc1)OC[C@H]1OC2(O)C[C@@]2(F)[C@@H]1OC(=O)OCc1ccccc1. The van der Waals surface area contributed by atoms with Crippen molar-refractivity contribution in [3.05, 3.63) is 71.8 Å². The van der Waals surface area contributed by atoms with E-state index >= 15 is 0 Å². The third kappa shape index (κ3) is 4.62. The van der Waals surface area contributed by atoms with Crippen molar-refractivity contribution in [3.63, 3.8) is 0 Å². The minimum Gasteiger partial charge on any atom is -0.431 e. The number of aliphatic hydroxyl groups is 1. The lowest BCUT2D eigenvalue weighted by Gasteiger charge is -2.22. The number of rotatable bonds is 7. The van der Waals surface area contributed by atoms with E-state index in [0.29, 0.717) is 0 Å². The van der Waals surface area contributed by atoms with Crippen LogP contribution < -0.4 is 0 Å². The molecule has 1 heterocycles. The van der Waals surface area contributed by atoms with Crippen LogP contribution in [0.1, 0.15) is 17.5 Å². The number of hydrogen-bond donors (Lipinski definition) is 1. The minimum atomic E-state index is -2.29. The number of ether oxygens (including phenoxy) is 5. The van der Waals surface area contributed by atoms with Crippen LogP contribution in [-0.2, 0) is 36.9 Å². The smallest absolute Gasteiger partial charge is 0.431 e. The predicted octanol–water partition coefficient (Wildman–Crippen LogP) is 3.26. The van der Waals surface area contributed by atoms with Gasteiger partial charge in [0, 0.05) is 6.42 Å². The molecule has 2 fully saturated rings. The highest BCUT2D eigenvalue weighted by Gasteiger charge is 2.83. The Balaban J connectivity index is 1.28. The first-order valence-corrected chi connectivity index (χ1v) is 9.69. The number of benzene rings is 2. The van der Waals surface area contributed by atoms with Gasteiger partial charge in [0.15, 0.2) is 6.10 Å². The lowest BCUT2D eigenvalue weighted by Crippen LogP contribution is -2.40. The third-order valence-corrected chi connectivity index (χ3v) is 5.14. The Labute approximate surface area is 177 Å². The number of halogens is 1. The van der Waals surface area contributed by atoms with Crippen molar-refractivity contribution in [1.82, 2.24) is 0 Å². The number of alkyl halides is 1. The van der Waals surface area contributed by atoms with Crippen LogP contribution in [-0.4, -0.2) is 47.7 Å². The molecule has 1 aliphatic heterocycles. The molecule has 1 N–H and O–H groups in total. The van der Waals surface area contributed by atoms with Crippen LogP contribution >= 0.6 is 0 Å². The van der Waals surface area contributed by atoms with Crippen molar-refractivity contribution in [1.29, 1.82) is 0 Å². The first-order valence-electron chi connectivity index (χ1n) is 9.69. The standard InChI is InChI=1S/C22H21FO8/c23-21-14-22(21,26)31-17(13-29-19(24)27-11-15-7-3-1-4-8-15)18(21)30-20(25)28-12-16-9-5-2-6-10-16/h1-10,17-18,26H,11-14H2/t17-,18-,21-,22?/m1/s1. The summed E-state index contributed by atoms with van der Waals surface area (Å²) in [7, 11) is 0.